The minimum absolute atomic E-state index is 0.0222. The van der Waals surface area contributed by atoms with Crippen LogP contribution < -0.4 is 9.62 Å². The van der Waals surface area contributed by atoms with Crippen LogP contribution in [0, 0.1) is 0 Å². The molecule has 0 heterocycles. The van der Waals surface area contributed by atoms with Gasteiger partial charge in [-0.05, 0) is 53.9 Å². The molecule has 1 amide bonds. The maximum absolute atomic E-state index is 13.2. The summed E-state index contributed by atoms with van der Waals surface area (Å²) in [5.74, 6) is -0.482. The van der Waals surface area contributed by atoms with E-state index in [1.807, 2.05) is 60.7 Å². The molecule has 0 atom stereocenters. The number of anilines is 2. The van der Waals surface area contributed by atoms with E-state index in [2.05, 4.69) is 5.32 Å². The molecule has 0 fully saturated rings. The van der Waals surface area contributed by atoms with Crippen molar-refractivity contribution in [3.05, 3.63) is 125 Å². The second kappa shape index (κ2) is 10.1. The van der Waals surface area contributed by atoms with Gasteiger partial charge in [-0.3, -0.25) is 9.10 Å². The van der Waals surface area contributed by atoms with E-state index in [0.717, 1.165) is 11.1 Å². The lowest BCUT2D eigenvalue weighted by atomic mass is 10.0. The molecule has 0 spiro atoms. The lowest BCUT2D eigenvalue weighted by Crippen LogP contribution is -2.27. The Morgan fingerprint density at radius 3 is 2.18 bits per heavy atom. The Kier molecular flexibility index (Phi) is 7.01. The molecule has 1 N–H and O–H groups in total. The molecule has 0 radical (unpaired) electrons. The molecule has 4 aromatic carbocycles. The standard InChI is InChI=1S/C27H23ClN2O3S/c1-30(22-13-6-3-7-14-22)34(32,33)23-16-17-25(28)24(19-23)27(31)29-26-15-9-8-12-21(26)18-20-10-4-2-5-11-20/h2-17,19H,18H2,1H3,(H,29,31). The molecule has 0 saturated heterocycles. The van der Waals surface area contributed by atoms with Crippen molar-refractivity contribution < 1.29 is 13.2 Å². The second-order valence-electron chi connectivity index (χ2n) is 7.72. The van der Waals surface area contributed by atoms with Crippen LogP contribution in [0.15, 0.2) is 108 Å². The van der Waals surface area contributed by atoms with Crippen LogP contribution in [0.1, 0.15) is 21.5 Å². The van der Waals surface area contributed by atoms with Gasteiger partial charge in [-0.1, -0.05) is 78.3 Å². The average Bonchev–Trinajstić information content (AvgIpc) is 2.86. The van der Waals surface area contributed by atoms with Crippen LogP contribution in [0.5, 0.6) is 0 Å². The van der Waals surface area contributed by atoms with Crippen molar-refractivity contribution in [2.24, 2.45) is 0 Å². The number of para-hydroxylation sites is 2. The predicted octanol–water partition coefficient (Wildman–Crippen LogP) is 6.01. The molecule has 0 aromatic heterocycles. The van der Waals surface area contributed by atoms with Crippen LogP contribution in [0.3, 0.4) is 0 Å². The summed E-state index contributed by atoms with van der Waals surface area (Å²) >= 11 is 6.30. The lowest BCUT2D eigenvalue weighted by Gasteiger charge is -2.20. The third-order valence-corrected chi connectivity index (χ3v) is 7.57. The molecule has 0 saturated carbocycles. The molecule has 172 valence electrons. The highest BCUT2D eigenvalue weighted by molar-refractivity contribution is 7.92. The van der Waals surface area contributed by atoms with E-state index in [9.17, 15) is 13.2 Å². The molecule has 0 aliphatic rings. The quantitative estimate of drug-likeness (QED) is 0.345. The number of benzene rings is 4. The van der Waals surface area contributed by atoms with Crippen LogP contribution in [-0.4, -0.2) is 21.4 Å². The summed E-state index contributed by atoms with van der Waals surface area (Å²) < 4.78 is 27.5. The first kappa shape index (κ1) is 23.5. The number of nitrogens with zero attached hydrogens (tertiary/aromatic N) is 1. The minimum atomic E-state index is -3.89. The van der Waals surface area contributed by atoms with Crippen LogP contribution in [0.4, 0.5) is 11.4 Å². The number of sulfonamides is 1. The van der Waals surface area contributed by atoms with Gasteiger partial charge in [0, 0.05) is 12.7 Å². The first-order valence-corrected chi connectivity index (χ1v) is 12.4. The van der Waals surface area contributed by atoms with Gasteiger partial charge in [-0.15, -0.1) is 0 Å². The van der Waals surface area contributed by atoms with Crippen LogP contribution in [0.25, 0.3) is 0 Å². The molecule has 7 heteroatoms. The van der Waals surface area contributed by atoms with E-state index in [-0.39, 0.29) is 15.5 Å². The zero-order valence-electron chi connectivity index (χ0n) is 18.5. The lowest BCUT2D eigenvalue weighted by molar-refractivity contribution is 0.102. The highest BCUT2D eigenvalue weighted by Gasteiger charge is 2.24. The van der Waals surface area contributed by atoms with E-state index < -0.39 is 15.9 Å². The van der Waals surface area contributed by atoms with Gasteiger partial charge in [0.15, 0.2) is 0 Å². The van der Waals surface area contributed by atoms with Gasteiger partial charge in [0.25, 0.3) is 15.9 Å². The Morgan fingerprint density at radius 2 is 1.47 bits per heavy atom. The Labute approximate surface area is 204 Å². The summed E-state index contributed by atoms with van der Waals surface area (Å²) in [7, 11) is -2.42. The highest BCUT2D eigenvalue weighted by atomic mass is 35.5. The van der Waals surface area contributed by atoms with Gasteiger partial charge in [-0.25, -0.2) is 8.42 Å². The number of halogens is 1. The van der Waals surface area contributed by atoms with Crippen molar-refractivity contribution in [2.75, 3.05) is 16.7 Å². The molecule has 0 unspecified atom stereocenters. The van der Waals surface area contributed by atoms with Crippen molar-refractivity contribution in [1.82, 2.24) is 0 Å². The van der Waals surface area contributed by atoms with Crippen molar-refractivity contribution in [3.63, 3.8) is 0 Å². The van der Waals surface area contributed by atoms with E-state index >= 15 is 0 Å². The number of hydrogen-bond acceptors (Lipinski definition) is 3. The first-order chi connectivity index (χ1) is 16.4. The molecule has 4 rings (SSSR count). The maximum Gasteiger partial charge on any atom is 0.264 e. The van der Waals surface area contributed by atoms with Gasteiger partial charge in [0.1, 0.15) is 0 Å². The molecule has 0 aliphatic heterocycles. The summed E-state index contributed by atoms with van der Waals surface area (Å²) in [4.78, 5) is 13.1. The predicted molar refractivity (Wildman–Crippen MR) is 137 cm³/mol. The van der Waals surface area contributed by atoms with Gasteiger partial charge in [0.05, 0.1) is 21.2 Å². The molecule has 0 bridgehead atoms. The Hall–Kier alpha value is -3.61. The molecular formula is C27H23ClN2O3S. The monoisotopic (exact) mass is 490 g/mol. The average molecular weight is 491 g/mol. The SMILES string of the molecule is CN(c1ccccc1)S(=O)(=O)c1ccc(Cl)c(C(=O)Nc2ccccc2Cc2ccccc2)c1. The zero-order valence-corrected chi connectivity index (χ0v) is 20.1. The molecule has 5 nitrogen and oxygen atoms in total. The third-order valence-electron chi connectivity index (χ3n) is 5.46. The fourth-order valence-electron chi connectivity index (χ4n) is 3.58. The number of carbonyl (C=O) groups is 1. The number of amides is 1. The summed E-state index contributed by atoms with van der Waals surface area (Å²) in [5.41, 5.74) is 3.28. The second-order valence-corrected chi connectivity index (χ2v) is 10.1. The number of rotatable bonds is 7. The van der Waals surface area contributed by atoms with Crippen molar-refractivity contribution in [2.45, 2.75) is 11.3 Å². The van der Waals surface area contributed by atoms with E-state index in [4.69, 9.17) is 11.6 Å². The number of carbonyl (C=O) groups excluding carboxylic acids is 1. The largest absolute Gasteiger partial charge is 0.322 e. The Bertz CT molecular complexity index is 1410. The molecule has 0 aliphatic carbocycles. The van der Waals surface area contributed by atoms with Crippen molar-refractivity contribution in [1.29, 1.82) is 0 Å². The van der Waals surface area contributed by atoms with Gasteiger partial charge in [-0.2, -0.15) is 0 Å². The van der Waals surface area contributed by atoms with Crippen molar-refractivity contribution >= 4 is 38.9 Å². The third kappa shape index (κ3) is 5.14. The fourth-order valence-corrected chi connectivity index (χ4v) is 5.00. The van der Waals surface area contributed by atoms with E-state index in [1.165, 1.54) is 29.6 Å². The first-order valence-electron chi connectivity index (χ1n) is 10.6. The molecule has 34 heavy (non-hydrogen) atoms. The molecule has 4 aromatic rings. The van der Waals surface area contributed by atoms with Gasteiger partial charge < -0.3 is 5.32 Å². The smallest absolute Gasteiger partial charge is 0.264 e. The summed E-state index contributed by atoms with van der Waals surface area (Å²) in [5, 5.41) is 3.06. The normalized spacial score (nSPS) is 11.1. The number of nitrogens with one attached hydrogen (secondary N) is 1. The molecular weight excluding hydrogens is 468 g/mol. The van der Waals surface area contributed by atoms with Crippen LogP contribution in [-0.2, 0) is 16.4 Å². The summed E-state index contributed by atoms with van der Waals surface area (Å²) in [6.07, 6.45) is 0.640. The number of hydrogen-bond donors (Lipinski definition) is 1. The zero-order chi connectivity index (χ0) is 24.1. The van der Waals surface area contributed by atoms with E-state index in [1.54, 1.807) is 24.3 Å². The van der Waals surface area contributed by atoms with E-state index in [0.29, 0.717) is 17.8 Å². The minimum Gasteiger partial charge on any atom is -0.322 e. The topological polar surface area (TPSA) is 66.5 Å². The van der Waals surface area contributed by atoms with Gasteiger partial charge >= 0.3 is 0 Å². The fraction of sp³-hybridized carbons (Fsp3) is 0.0741. The van der Waals surface area contributed by atoms with Crippen LogP contribution in [0.2, 0.25) is 5.02 Å². The van der Waals surface area contributed by atoms with Crippen LogP contribution >= 0.6 is 11.6 Å². The Morgan fingerprint density at radius 1 is 0.853 bits per heavy atom. The van der Waals surface area contributed by atoms with Crippen molar-refractivity contribution in [3.8, 4) is 0 Å². The highest BCUT2D eigenvalue weighted by Crippen LogP contribution is 2.27. The maximum atomic E-state index is 13.2. The summed E-state index contributed by atoms with van der Waals surface area (Å²) in [6.45, 7) is 0. The van der Waals surface area contributed by atoms with Gasteiger partial charge in [0.2, 0.25) is 0 Å². The Balaban J connectivity index is 1.61. The summed E-state index contributed by atoms with van der Waals surface area (Å²) in [6, 6.07) is 30.3.